The van der Waals surface area contributed by atoms with Crippen LogP contribution >= 0.6 is 0 Å². The first-order chi connectivity index (χ1) is 15.2. The lowest BCUT2D eigenvalue weighted by Gasteiger charge is -2.36. The van der Waals surface area contributed by atoms with Crippen LogP contribution < -0.4 is 10.1 Å². The Hall–Kier alpha value is -2.61. The molecule has 8 nitrogen and oxygen atoms in total. The molecule has 0 unspecified atom stereocenters. The molecular weight excluding hydrogens is 410 g/mol. The van der Waals surface area contributed by atoms with Gasteiger partial charge in [0.1, 0.15) is 12.4 Å². The minimum atomic E-state index is -0.218. The van der Waals surface area contributed by atoms with Gasteiger partial charge in [0.25, 0.3) is 5.91 Å². The SMILES string of the molecule is CCC(=O)N1C[C@@H](C)[C@H](OC)CN(C)C(=O)c2ccc(NC(=O)C3CC3)cc2OC[C@H]1C. The average Bonchev–Trinajstić information content (AvgIpc) is 3.63. The number of ether oxygens (including phenoxy) is 2. The van der Waals surface area contributed by atoms with Crippen molar-refractivity contribution in [2.75, 3.05) is 39.2 Å². The number of fused-ring (bicyclic) bond motifs is 1. The van der Waals surface area contributed by atoms with Gasteiger partial charge < -0.3 is 24.6 Å². The van der Waals surface area contributed by atoms with Gasteiger partial charge in [-0.05, 0) is 31.9 Å². The Morgan fingerprint density at radius 2 is 1.94 bits per heavy atom. The summed E-state index contributed by atoms with van der Waals surface area (Å²) in [5, 5.41) is 2.91. The number of rotatable bonds is 4. The molecule has 1 aliphatic carbocycles. The third-order valence-electron chi connectivity index (χ3n) is 6.29. The lowest BCUT2D eigenvalue weighted by atomic mass is 10.0. The summed E-state index contributed by atoms with van der Waals surface area (Å²) in [4.78, 5) is 41.5. The highest BCUT2D eigenvalue weighted by Crippen LogP contribution is 2.32. The van der Waals surface area contributed by atoms with Gasteiger partial charge in [-0.25, -0.2) is 0 Å². The summed E-state index contributed by atoms with van der Waals surface area (Å²) in [6, 6.07) is 4.93. The van der Waals surface area contributed by atoms with Crippen molar-refractivity contribution in [1.29, 1.82) is 0 Å². The van der Waals surface area contributed by atoms with Crippen LogP contribution in [0.3, 0.4) is 0 Å². The van der Waals surface area contributed by atoms with Crippen LogP contribution in [0, 0.1) is 11.8 Å². The number of likely N-dealkylation sites (N-methyl/N-ethyl adjacent to an activating group) is 1. The Labute approximate surface area is 190 Å². The minimum absolute atomic E-state index is 0.00782. The van der Waals surface area contributed by atoms with E-state index in [1.165, 1.54) is 0 Å². The Kier molecular flexibility index (Phi) is 7.77. The molecule has 1 N–H and O–H groups in total. The molecule has 1 aromatic carbocycles. The molecular formula is C24H35N3O5. The summed E-state index contributed by atoms with van der Waals surface area (Å²) in [6.45, 7) is 6.96. The summed E-state index contributed by atoms with van der Waals surface area (Å²) in [5.74, 6) is 0.373. The standard InChI is InChI=1S/C24H35N3O5/c1-6-22(28)27-12-15(2)21(31-5)13-26(4)24(30)19-10-9-18(25-23(29)17-7-8-17)11-20(19)32-14-16(27)3/h9-11,15-17,21H,6-8,12-14H2,1-5H3,(H,25,29)/t15-,16-,21-/m1/s1. The molecule has 2 aliphatic rings. The van der Waals surface area contributed by atoms with Gasteiger partial charge in [0.05, 0.1) is 17.7 Å². The van der Waals surface area contributed by atoms with Gasteiger partial charge in [0.15, 0.2) is 0 Å². The maximum Gasteiger partial charge on any atom is 0.257 e. The van der Waals surface area contributed by atoms with Crippen LogP contribution in [-0.2, 0) is 14.3 Å². The maximum absolute atomic E-state index is 13.2. The van der Waals surface area contributed by atoms with Crippen LogP contribution in [0.2, 0.25) is 0 Å². The smallest absolute Gasteiger partial charge is 0.257 e. The van der Waals surface area contributed by atoms with Crippen molar-refractivity contribution in [1.82, 2.24) is 9.80 Å². The molecule has 3 atom stereocenters. The first kappa shape index (κ1) is 24.0. The first-order valence-electron chi connectivity index (χ1n) is 11.4. The molecule has 32 heavy (non-hydrogen) atoms. The van der Waals surface area contributed by atoms with Crippen LogP contribution in [-0.4, -0.2) is 73.5 Å². The first-order valence-corrected chi connectivity index (χ1v) is 11.4. The van der Waals surface area contributed by atoms with Gasteiger partial charge in [-0.15, -0.1) is 0 Å². The number of anilines is 1. The number of hydrogen-bond acceptors (Lipinski definition) is 5. The van der Waals surface area contributed by atoms with Crippen molar-refractivity contribution in [3.8, 4) is 5.75 Å². The molecule has 1 fully saturated rings. The van der Waals surface area contributed by atoms with E-state index in [4.69, 9.17) is 9.47 Å². The number of carbonyl (C=O) groups excluding carboxylic acids is 3. The summed E-state index contributed by atoms with van der Waals surface area (Å²) >= 11 is 0. The summed E-state index contributed by atoms with van der Waals surface area (Å²) < 4.78 is 11.8. The normalized spacial score (nSPS) is 24.7. The fourth-order valence-electron chi connectivity index (χ4n) is 3.99. The third-order valence-corrected chi connectivity index (χ3v) is 6.29. The molecule has 176 valence electrons. The number of hydrogen-bond donors (Lipinski definition) is 1. The summed E-state index contributed by atoms with van der Waals surface area (Å²) in [7, 11) is 3.36. The Balaban J connectivity index is 1.93. The second-order valence-corrected chi connectivity index (χ2v) is 8.97. The Bertz CT molecular complexity index is 854. The molecule has 3 amide bonds. The quantitative estimate of drug-likeness (QED) is 0.770. The Morgan fingerprint density at radius 1 is 1.22 bits per heavy atom. The molecule has 1 saturated carbocycles. The van der Waals surface area contributed by atoms with Gasteiger partial charge >= 0.3 is 0 Å². The topological polar surface area (TPSA) is 88.2 Å². The molecule has 0 saturated heterocycles. The molecule has 1 heterocycles. The molecule has 1 aromatic rings. The van der Waals surface area contributed by atoms with Gasteiger partial charge in [-0.3, -0.25) is 14.4 Å². The predicted octanol–water partition coefficient (Wildman–Crippen LogP) is 2.78. The molecule has 3 rings (SSSR count). The monoisotopic (exact) mass is 445 g/mol. The van der Waals surface area contributed by atoms with Crippen LogP contribution in [0.5, 0.6) is 5.75 Å². The zero-order chi connectivity index (χ0) is 23.4. The molecule has 0 bridgehead atoms. The van der Waals surface area contributed by atoms with E-state index in [9.17, 15) is 14.4 Å². The van der Waals surface area contributed by atoms with Gasteiger partial charge in [0.2, 0.25) is 11.8 Å². The van der Waals surface area contributed by atoms with Crippen molar-refractivity contribution in [2.24, 2.45) is 11.8 Å². The van der Waals surface area contributed by atoms with E-state index in [0.717, 1.165) is 12.8 Å². The fraction of sp³-hybridized carbons (Fsp3) is 0.625. The molecule has 0 aromatic heterocycles. The summed E-state index contributed by atoms with van der Waals surface area (Å²) in [6.07, 6.45) is 2.01. The molecule has 0 radical (unpaired) electrons. The number of nitrogens with zero attached hydrogens (tertiary/aromatic N) is 2. The van der Waals surface area contributed by atoms with E-state index in [-0.39, 0.29) is 48.3 Å². The van der Waals surface area contributed by atoms with E-state index in [1.807, 2.05) is 25.7 Å². The van der Waals surface area contributed by atoms with Crippen molar-refractivity contribution in [3.05, 3.63) is 23.8 Å². The van der Waals surface area contributed by atoms with Crippen LogP contribution in [0.25, 0.3) is 0 Å². The van der Waals surface area contributed by atoms with E-state index in [1.54, 1.807) is 37.3 Å². The van der Waals surface area contributed by atoms with Gasteiger partial charge in [-0.1, -0.05) is 13.8 Å². The predicted molar refractivity (Wildman–Crippen MR) is 122 cm³/mol. The highest BCUT2D eigenvalue weighted by molar-refractivity contribution is 5.99. The molecule has 1 aliphatic heterocycles. The molecule has 8 heteroatoms. The maximum atomic E-state index is 13.2. The zero-order valence-electron chi connectivity index (χ0n) is 19.7. The van der Waals surface area contributed by atoms with Crippen molar-refractivity contribution < 1.29 is 23.9 Å². The number of amides is 3. The van der Waals surface area contributed by atoms with Crippen molar-refractivity contribution in [3.63, 3.8) is 0 Å². The third kappa shape index (κ3) is 5.59. The van der Waals surface area contributed by atoms with Crippen molar-refractivity contribution >= 4 is 23.4 Å². The highest BCUT2D eigenvalue weighted by atomic mass is 16.5. The van der Waals surface area contributed by atoms with E-state index < -0.39 is 0 Å². The molecule has 0 spiro atoms. The Morgan fingerprint density at radius 3 is 2.56 bits per heavy atom. The second kappa shape index (κ2) is 10.3. The number of methoxy groups -OCH3 is 1. The van der Waals surface area contributed by atoms with Crippen LogP contribution in [0.4, 0.5) is 5.69 Å². The average molecular weight is 446 g/mol. The summed E-state index contributed by atoms with van der Waals surface area (Å²) in [5.41, 5.74) is 1.02. The number of carbonyl (C=O) groups is 3. The van der Waals surface area contributed by atoms with Crippen LogP contribution in [0.1, 0.15) is 50.4 Å². The lowest BCUT2D eigenvalue weighted by molar-refractivity contribution is -0.135. The van der Waals surface area contributed by atoms with Crippen LogP contribution in [0.15, 0.2) is 18.2 Å². The number of benzene rings is 1. The lowest BCUT2D eigenvalue weighted by Crippen LogP contribution is -2.48. The van der Waals surface area contributed by atoms with E-state index >= 15 is 0 Å². The van der Waals surface area contributed by atoms with Gasteiger partial charge in [-0.2, -0.15) is 0 Å². The second-order valence-electron chi connectivity index (χ2n) is 8.97. The number of nitrogens with one attached hydrogen (secondary N) is 1. The van der Waals surface area contributed by atoms with Gasteiger partial charge in [0, 0.05) is 57.3 Å². The van der Waals surface area contributed by atoms with E-state index in [0.29, 0.717) is 36.5 Å². The largest absolute Gasteiger partial charge is 0.491 e. The van der Waals surface area contributed by atoms with Crippen molar-refractivity contribution in [2.45, 2.75) is 52.2 Å². The minimum Gasteiger partial charge on any atom is -0.491 e. The van der Waals surface area contributed by atoms with E-state index in [2.05, 4.69) is 5.32 Å². The highest BCUT2D eigenvalue weighted by Gasteiger charge is 2.31. The fourth-order valence-corrected chi connectivity index (χ4v) is 3.99. The zero-order valence-corrected chi connectivity index (χ0v) is 19.7.